The molecular formula is C8H8BrClN2O. The lowest BCUT2D eigenvalue weighted by molar-refractivity contribution is 0.0967. The first kappa shape index (κ1) is 10.6. The monoisotopic (exact) mass is 262 g/mol. The molecule has 0 fully saturated rings. The third-order valence-corrected chi connectivity index (χ3v) is 2.22. The lowest BCUT2D eigenvalue weighted by Crippen LogP contribution is -2.27. The molecule has 1 aromatic rings. The number of carbonyl (C=O) groups is 1. The molecular weight excluding hydrogens is 255 g/mol. The number of rotatable bonds is 2. The predicted octanol–water partition coefficient (Wildman–Crippen LogP) is 2.03. The SMILES string of the molecule is CC(N)C(=O)c1cc(Br)cnc1Cl. The first-order valence-electron chi connectivity index (χ1n) is 3.63. The first-order valence-corrected chi connectivity index (χ1v) is 4.80. The zero-order chi connectivity index (χ0) is 10.0. The van der Waals surface area contributed by atoms with Gasteiger partial charge in [-0.3, -0.25) is 4.79 Å². The van der Waals surface area contributed by atoms with Crippen molar-refractivity contribution < 1.29 is 4.79 Å². The van der Waals surface area contributed by atoms with Crippen LogP contribution in [-0.4, -0.2) is 16.8 Å². The zero-order valence-electron chi connectivity index (χ0n) is 6.92. The molecule has 1 aromatic heterocycles. The number of ketones is 1. The Morgan fingerprint density at radius 1 is 1.77 bits per heavy atom. The third kappa shape index (κ3) is 2.49. The second-order valence-electron chi connectivity index (χ2n) is 2.64. The highest BCUT2D eigenvalue weighted by molar-refractivity contribution is 9.10. The molecule has 0 saturated heterocycles. The Bertz CT molecular complexity index is 341. The van der Waals surface area contributed by atoms with E-state index in [1.165, 1.54) is 6.20 Å². The highest BCUT2D eigenvalue weighted by Gasteiger charge is 2.15. The molecule has 0 aromatic carbocycles. The first-order chi connectivity index (χ1) is 6.02. The number of nitrogens with two attached hydrogens (primary N) is 1. The van der Waals surface area contributed by atoms with Crippen molar-refractivity contribution in [1.29, 1.82) is 0 Å². The van der Waals surface area contributed by atoms with Crippen molar-refractivity contribution in [3.8, 4) is 0 Å². The molecule has 0 spiro atoms. The quantitative estimate of drug-likeness (QED) is 0.656. The van der Waals surface area contributed by atoms with E-state index >= 15 is 0 Å². The molecule has 70 valence electrons. The van der Waals surface area contributed by atoms with Crippen LogP contribution in [0.25, 0.3) is 0 Å². The van der Waals surface area contributed by atoms with Crippen LogP contribution in [0.15, 0.2) is 16.7 Å². The minimum Gasteiger partial charge on any atom is -0.321 e. The number of hydrogen-bond acceptors (Lipinski definition) is 3. The molecule has 1 rings (SSSR count). The third-order valence-electron chi connectivity index (χ3n) is 1.48. The number of halogens is 2. The molecule has 0 aliphatic carbocycles. The van der Waals surface area contributed by atoms with Crippen molar-refractivity contribution in [3.63, 3.8) is 0 Å². The lowest BCUT2D eigenvalue weighted by atomic mass is 10.1. The van der Waals surface area contributed by atoms with E-state index in [1.807, 2.05) is 0 Å². The summed E-state index contributed by atoms with van der Waals surface area (Å²) >= 11 is 8.93. The molecule has 0 saturated carbocycles. The Kier molecular flexibility index (Phi) is 3.41. The Labute approximate surface area is 89.4 Å². The van der Waals surface area contributed by atoms with Crippen LogP contribution in [0.5, 0.6) is 0 Å². The van der Waals surface area contributed by atoms with Gasteiger partial charge >= 0.3 is 0 Å². The standard InChI is InChI=1S/C8H8BrClN2O/c1-4(11)7(13)6-2-5(9)3-12-8(6)10/h2-4H,11H2,1H3. The molecule has 5 heteroatoms. The van der Waals surface area contributed by atoms with Gasteiger partial charge in [-0.2, -0.15) is 0 Å². The van der Waals surface area contributed by atoms with E-state index in [2.05, 4.69) is 20.9 Å². The van der Waals surface area contributed by atoms with Crippen molar-refractivity contribution in [2.75, 3.05) is 0 Å². The van der Waals surface area contributed by atoms with Gasteiger partial charge < -0.3 is 5.73 Å². The smallest absolute Gasteiger partial charge is 0.182 e. The number of Topliss-reactive ketones (excluding diaryl/α,β-unsaturated/α-hetero) is 1. The Morgan fingerprint density at radius 2 is 2.38 bits per heavy atom. The van der Waals surface area contributed by atoms with Crippen molar-refractivity contribution in [1.82, 2.24) is 4.98 Å². The Hall–Kier alpha value is -0.450. The van der Waals surface area contributed by atoms with Gasteiger partial charge in [-0.15, -0.1) is 0 Å². The maximum atomic E-state index is 11.4. The fourth-order valence-electron chi connectivity index (χ4n) is 0.841. The number of carbonyl (C=O) groups excluding carboxylic acids is 1. The van der Waals surface area contributed by atoms with Crippen LogP contribution < -0.4 is 5.73 Å². The van der Waals surface area contributed by atoms with E-state index in [0.717, 1.165) is 0 Å². The van der Waals surface area contributed by atoms with Crippen molar-refractivity contribution >= 4 is 33.3 Å². The molecule has 0 aliphatic rings. The molecule has 0 radical (unpaired) electrons. The maximum Gasteiger partial charge on any atom is 0.182 e. The summed E-state index contributed by atoms with van der Waals surface area (Å²) in [5.41, 5.74) is 5.79. The van der Waals surface area contributed by atoms with Crippen LogP contribution in [0.4, 0.5) is 0 Å². The summed E-state index contributed by atoms with van der Waals surface area (Å²) in [5, 5.41) is 0.186. The van der Waals surface area contributed by atoms with E-state index in [9.17, 15) is 4.79 Å². The summed E-state index contributed by atoms with van der Waals surface area (Å²) in [4.78, 5) is 15.3. The van der Waals surface area contributed by atoms with Gasteiger partial charge in [0.05, 0.1) is 11.6 Å². The van der Waals surface area contributed by atoms with Crippen LogP contribution in [0, 0.1) is 0 Å². The average Bonchev–Trinajstić information content (AvgIpc) is 2.08. The highest BCUT2D eigenvalue weighted by Crippen LogP contribution is 2.18. The van der Waals surface area contributed by atoms with Crippen LogP contribution in [-0.2, 0) is 0 Å². The zero-order valence-corrected chi connectivity index (χ0v) is 9.26. The second-order valence-corrected chi connectivity index (χ2v) is 3.92. The second kappa shape index (κ2) is 4.17. The summed E-state index contributed by atoms with van der Waals surface area (Å²) in [7, 11) is 0. The van der Waals surface area contributed by atoms with E-state index in [0.29, 0.717) is 10.0 Å². The molecule has 2 N–H and O–H groups in total. The van der Waals surface area contributed by atoms with Gasteiger partial charge in [0.1, 0.15) is 5.15 Å². The lowest BCUT2D eigenvalue weighted by Gasteiger charge is -2.05. The highest BCUT2D eigenvalue weighted by atomic mass is 79.9. The molecule has 0 amide bonds. The molecule has 1 atom stereocenters. The van der Waals surface area contributed by atoms with Gasteiger partial charge in [0.15, 0.2) is 5.78 Å². The summed E-state index contributed by atoms with van der Waals surface area (Å²) < 4.78 is 0.709. The van der Waals surface area contributed by atoms with Crippen LogP contribution in [0.3, 0.4) is 0 Å². The number of hydrogen-bond donors (Lipinski definition) is 1. The van der Waals surface area contributed by atoms with Crippen LogP contribution in [0.1, 0.15) is 17.3 Å². The number of nitrogens with zero attached hydrogens (tertiary/aromatic N) is 1. The molecule has 0 aliphatic heterocycles. The summed E-state index contributed by atoms with van der Waals surface area (Å²) in [6, 6.07) is 1.05. The summed E-state index contributed by atoms with van der Waals surface area (Å²) in [5.74, 6) is -0.209. The predicted molar refractivity (Wildman–Crippen MR) is 54.9 cm³/mol. The van der Waals surface area contributed by atoms with Gasteiger partial charge in [0, 0.05) is 10.7 Å². The molecule has 1 heterocycles. The molecule has 3 nitrogen and oxygen atoms in total. The van der Waals surface area contributed by atoms with E-state index in [4.69, 9.17) is 17.3 Å². The van der Waals surface area contributed by atoms with E-state index in [1.54, 1.807) is 13.0 Å². The van der Waals surface area contributed by atoms with Gasteiger partial charge in [-0.1, -0.05) is 11.6 Å². The van der Waals surface area contributed by atoms with Crippen molar-refractivity contribution in [3.05, 3.63) is 27.5 Å². The minimum absolute atomic E-state index is 0.186. The maximum absolute atomic E-state index is 11.4. The summed E-state index contributed by atoms with van der Waals surface area (Å²) in [6.07, 6.45) is 1.53. The molecule has 0 bridgehead atoms. The van der Waals surface area contributed by atoms with Gasteiger partial charge in [-0.25, -0.2) is 4.98 Å². The van der Waals surface area contributed by atoms with Gasteiger partial charge in [-0.05, 0) is 28.9 Å². The van der Waals surface area contributed by atoms with E-state index in [-0.39, 0.29) is 10.9 Å². The number of aromatic nitrogens is 1. The fraction of sp³-hybridized carbons (Fsp3) is 0.250. The van der Waals surface area contributed by atoms with Gasteiger partial charge in [0.25, 0.3) is 0 Å². The van der Waals surface area contributed by atoms with Crippen LogP contribution in [0.2, 0.25) is 5.15 Å². The van der Waals surface area contributed by atoms with Gasteiger partial charge in [0.2, 0.25) is 0 Å². The average molecular weight is 264 g/mol. The van der Waals surface area contributed by atoms with E-state index < -0.39 is 6.04 Å². The summed E-state index contributed by atoms with van der Waals surface area (Å²) in [6.45, 7) is 1.61. The number of pyridine rings is 1. The topological polar surface area (TPSA) is 56.0 Å². The fourth-order valence-corrected chi connectivity index (χ4v) is 1.37. The Balaban J connectivity index is 3.13. The van der Waals surface area contributed by atoms with Crippen molar-refractivity contribution in [2.45, 2.75) is 13.0 Å². The normalized spacial score (nSPS) is 12.6. The Morgan fingerprint density at radius 3 is 2.92 bits per heavy atom. The largest absolute Gasteiger partial charge is 0.321 e. The molecule has 1 unspecified atom stereocenters. The molecule has 13 heavy (non-hydrogen) atoms. The minimum atomic E-state index is -0.561. The van der Waals surface area contributed by atoms with Crippen LogP contribution >= 0.6 is 27.5 Å². The van der Waals surface area contributed by atoms with Crippen molar-refractivity contribution in [2.24, 2.45) is 5.73 Å².